The highest BCUT2D eigenvalue weighted by atomic mass is 28.4. The highest BCUT2D eigenvalue weighted by Gasteiger charge is 2.38. The molecule has 0 bridgehead atoms. The van der Waals surface area contributed by atoms with Crippen LogP contribution in [-0.2, 0) is 8.85 Å². The van der Waals surface area contributed by atoms with Gasteiger partial charge in [-0.25, -0.2) is 0 Å². The molecule has 1 rings (SSSR count). The summed E-state index contributed by atoms with van der Waals surface area (Å²) in [4.78, 5) is 0. The van der Waals surface area contributed by atoms with E-state index in [0.29, 0.717) is 5.54 Å². The fourth-order valence-electron chi connectivity index (χ4n) is 2.06. The molecule has 0 aliphatic heterocycles. The second kappa shape index (κ2) is 5.63. The quantitative estimate of drug-likeness (QED) is 0.646. The third kappa shape index (κ3) is 3.03. The Hall–Kier alpha value is -0.383. The first-order valence-corrected chi connectivity index (χ1v) is 8.01. The molecule has 1 aliphatic carbocycles. The number of allylic oxidation sites excluding steroid dienone is 4. The van der Waals surface area contributed by atoms with E-state index in [9.17, 15) is 0 Å². The Kier molecular flexibility index (Phi) is 4.76. The molecule has 1 atom stereocenters. The zero-order valence-corrected chi connectivity index (χ0v) is 11.2. The summed E-state index contributed by atoms with van der Waals surface area (Å²) >= 11 is 0. The molecular weight excluding hydrogens is 204 g/mol. The van der Waals surface area contributed by atoms with E-state index >= 15 is 0 Å². The van der Waals surface area contributed by atoms with Crippen LogP contribution in [0.5, 0.6) is 0 Å². The van der Waals surface area contributed by atoms with Crippen LogP contribution in [0.25, 0.3) is 0 Å². The van der Waals surface area contributed by atoms with Crippen LogP contribution in [0.15, 0.2) is 23.8 Å². The van der Waals surface area contributed by atoms with Crippen LogP contribution < -0.4 is 0 Å². The van der Waals surface area contributed by atoms with Gasteiger partial charge in [0.15, 0.2) is 0 Å². The van der Waals surface area contributed by atoms with E-state index in [-0.39, 0.29) is 0 Å². The summed E-state index contributed by atoms with van der Waals surface area (Å²) in [6.45, 7) is 4.37. The minimum absolute atomic E-state index is 0.543. The second-order valence-corrected chi connectivity index (χ2v) is 7.82. The lowest BCUT2D eigenvalue weighted by atomic mass is 10.1. The molecule has 15 heavy (non-hydrogen) atoms. The van der Waals surface area contributed by atoms with Crippen molar-refractivity contribution in [3.05, 3.63) is 23.8 Å². The first kappa shape index (κ1) is 12.7. The van der Waals surface area contributed by atoms with Crippen LogP contribution in [-0.4, -0.2) is 22.8 Å². The summed E-state index contributed by atoms with van der Waals surface area (Å²) in [5.74, 6) is 0. The molecule has 0 N–H and O–H groups in total. The summed E-state index contributed by atoms with van der Waals surface area (Å²) < 4.78 is 11.2. The Morgan fingerprint density at radius 2 is 2.07 bits per heavy atom. The molecule has 0 fully saturated rings. The molecule has 86 valence electrons. The number of rotatable bonds is 6. The SMILES string of the molecule is CCC(CC1=CCC=C1)[Si](C)(OC)OC. The molecule has 0 amide bonds. The zero-order chi connectivity index (χ0) is 11.3. The molecule has 2 nitrogen and oxygen atoms in total. The summed E-state index contributed by atoms with van der Waals surface area (Å²) in [5, 5.41) is 0. The van der Waals surface area contributed by atoms with E-state index < -0.39 is 8.56 Å². The summed E-state index contributed by atoms with van der Waals surface area (Å²) in [6, 6.07) is 0. The predicted octanol–water partition coefficient (Wildman–Crippen LogP) is 3.41. The van der Waals surface area contributed by atoms with Crippen molar-refractivity contribution in [1.29, 1.82) is 0 Å². The van der Waals surface area contributed by atoms with Crippen LogP contribution in [0.1, 0.15) is 26.2 Å². The maximum absolute atomic E-state index is 5.62. The average molecular weight is 226 g/mol. The van der Waals surface area contributed by atoms with Gasteiger partial charge in [0.1, 0.15) is 0 Å². The molecule has 0 aromatic heterocycles. The first-order valence-electron chi connectivity index (χ1n) is 5.62. The van der Waals surface area contributed by atoms with Gasteiger partial charge in [-0.3, -0.25) is 0 Å². The Morgan fingerprint density at radius 1 is 1.40 bits per heavy atom. The van der Waals surface area contributed by atoms with Crippen molar-refractivity contribution >= 4 is 8.56 Å². The molecule has 0 saturated heterocycles. The van der Waals surface area contributed by atoms with Gasteiger partial charge in [-0.05, 0) is 19.4 Å². The highest BCUT2D eigenvalue weighted by Crippen LogP contribution is 2.34. The molecule has 0 saturated carbocycles. The van der Waals surface area contributed by atoms with Gasteiger partial charge in [-0.15, -0.1) is 0 Å². The van der Waals surface area contributed by atoms with Gasteiger partial charge in [0, 0.05) is 19.8 Å². The topological polar surface area (TPSA) is 18.5 Å². The molecular formula is C12H22O2Si. The van der Waals surface area contributed by atoms with Gasteiger partial charge in [-0.2, -0.15) is 0 Å². The lowest BCUT2D eigenvalue weighted by Crippen LogP contribution is -2.41. The number of hydrogen-bond donors (Lipinski definition) is 0. The van der Waals surface area contributed by atoms with Crippen molar-refractivity contribution in [2.24, 2.45) is 0 Å². The molecule has 0 heterocycles. The zero-order valence-electron chi connectivity index (χ0n) is 10.2. The standard InChI is InChI=1S/C12H22O2Si/c1-5-12(15(4,13-2)14-3)10-11-8-6-7-9-11/h6,8-9,12H,5,7,10H2,1-4H3. The maximum Gasteiger partial charge on any atom is 0.337 e. The monoisotopic (exact) mass is 226 g/mol. The molecule has 0 aromatic carbocycles. The lowest BCUT2D eigenvalue weighted by molar-refractivity contribution is 0.234. The van der Waals surface area contributed by atoms with Crippen molar-refractivity contribution < 1.29 is 8.85 Å². The van der Waals surface area contributed by atoms with Crippen LogP contribution in [0.3, 0.4) is 0 Å². The van der Waals surface area contributed by atoms with Crippen molar-refractivity contribution in [1.82, 2.24) is 0 Å². The van der Waals surface area contributed by atoms with Gasteiger partial charge in [0.25, 0.3) is 0 Å². The van der Waals surface area contributed by atoms with Crippen molar-refractivity contribution in [3.8, 4) is 0 Å². The van der Waals surface area contributed by atoms with E-state index in [1.807, 2.05) is 0 Å². The summed E-state index contributed by atoms with van der Waals surface area (Å²) in [7, 11) is 1.58. The fourth-order valence-corrected chi connectivity index (χ4v) is 4.24. The smallest absolute Gasteiger partial charge is 0.337 e. The summed E-state index contributed by atoms with van der Waals surface area (Å²) in [6.07, 6.45) is 10.0. The van der Waals surface area contributed by atoms with Gasteiger partial charge in [0.05, 0.1) is 0 Å². The second-order valence-electron chi connectivity index (χ2n) is 4.15. The van der Waals surface area contributed by atoms with Gasteiger partial charge in [0.2, 0.25) is 0 Å². The third-order valence-corrected chi connectivity index (χ3v) is 7.09. The minimum Gasteiger partial charge on any atom is -0.398 e. The first-order chi connectivity index (χ1) is 7.16. The van der Waals surface area contributed by atoms with Crippen LogP contribution in [0, 0.1) is 0 Å². The van der Waals surface area contributed by atoms with Crippen molar-refractivity contribution in [3.63, 3.8) is 0 Å². The van der Waals surface area contributed by atoms with Crippen LogP contribution in [0.2, 0.25) is 12.1 Å². The van der Waals surface area contributed by atoms with Crippen LogP contribution in [0.4, 0.5) is 0 Å². The Balaban J connectivity index is 2.65. The van der Waals surface area contributed by atoms with Gasteiger partial charge < -0.3 is 8.85 Å². The van der Waals surface area contributed by atoms with E-state index in [4.69, 9.17) is 8.85 Å². The molecule has 1 unspecified atom stereocenters. The van der Waals surface area contributed by atoms with Crippen molar-refractivity contribution in [2.45, 2.75) is 38.3 Å². The predicted molar refractivity (Wildman–Crippen MR) is 66.1 cm³/mol. The van der Waals surface area contributed by atoms with Crippen LogP contribution >= 0.6 is 0 Å². The van der Waals surface area contributed by atoms with Crippen molar-refractivity contribution in [2.75, 3.05) is 14.2 Å². The Morgan fingerprint density at radius 3 is 2.47 bits per heavy atom. The third-order valence-electron chi connectivity index (χ3n) is 3.38. The molecule has 0 radical (unpaired) electrons. The summed E-state index contributed by atoms with van der Waals surface area (Å²) in [5.41, 5.74) is 1.98. The number of hydrogen-bond acceptors (Lipinski definition) is 2. The molecule has 3 heteroatoms. The normalized spacial score (nSPS) is 18.0. The lowest BCUT2D eigenvalue weighted by Gasteiger charge is -2.31. The minimum atomic E-state index is -1.97. The molecule has 1 aliphatic rings. The maximum atomic E-state index is 5.62. The Labute approximate surface area is 94.2 Å². The molecule has 0 spiro atoms. The van der Waals surface area contributed by atoms with Gasteiger partial charge >= 0.3 is 8.56 Å². The van der Waals surface area contributed by atoms with E-state index in [2.05, 4.69) is 31.7 Å². The highest BCUT2D eigenvalue weighted by molar-refractivity contribution is 6.67. The fraction of sp³-hybridized carbons (Fsp3) is 0.667. The van der Waals surface area contributed by atoms with Gasteiger partial charge in [-0.1, -0.05) is 37.1 Å². The van der Waals surface area contributed by atoms with E-state index in [1.165, 1.54) is 5.57 Å². The Bertz CT molecular complexity index is 254. The molecule has 0 aromatic rings. The van der Waals surface area contributed by atoms with E-state index in [1.54, 1.807) is 14.2 Å². The van der Waals surface area contributed by atoms with E-state index in [0.717, 1.165) is 19.3 Å². The largest absolute Gasteiger partial charge is 0.398 e. The average Bonchev–Trinajstić information content (AvgIpc) is 2.77.